The van der Waals surface area contributed by atoms with E-state index in [0.29, 0.717) is 24.3 Å². The van der Waals surface area contributed by atoms with Crippen molar-refractivity contribution in [3.63, 3.8) is 0 Å². The zero-order valence-corrected chi connectivity index (χ0v) is 18.7. The topological polar surface area (TPSA) is 52.6 Å². The Balaban J connectivity index is 3.00. The molecular formula is C24H38O4. The Morgan fingerprint density at radius 2 is 0.929 bits per heavy atom. The molecule has 0 radical (unpaired) electrons. The minimum Gasteiger partial charge on any atom is -0.462 e. The van der Waals surface area contributed by atoms with Crippen LogP contribution in [0.2, 0.25) is 0 Å². The Labute approximate surface area is 171 Å². The summed E-state index contributed by atoms with van der Waals surface area (Å²) in [6.07, 6.45) is 8.32. The molecule has 0 fully saturated rings. The lowest BCUT2D eigenvalue weighted by molar-refractivity contribution is 0.0448. The van der Waals surface area contributed by atoms with Gasteiger partial charge in [-0.2, -0.15) is 0 Å². The molecule has 158 valence electrons. The molecule has 0 unspecified atom stereocenters. The molecule has 0 aliphatic carbocycles. The maximum atomic E-state index is 12.8. The second-order valence-electron chi connectivity index (χ2n) is 7.64. The van der Waals surface area contributed by atoms with Crippen molar-refractivity contribution in [1.29, 1.82) is 0 Å². The number of esters is 2. The normalized spacial score (nSPS) is 10.8. The van der Waals surface area contributed by atoms with E-state index in [1.54, 1.807) is 0 Å². The monoisotopic (exact) mass is 390 g/mol. The number of benzene rings is 1. The van der Waals surface area contributed by atoms with Crippen molar-refractivity contribution >= 4 is 11.9 Å². The fourth-order valence-electron chi connectivity index (χ4n) is 3.35. The van der Waals surface area contributed by atoms with E-state index < -0.39 is 11.9 Å². The van der Waals surface area contributed by atoms with E-state index in [1.807, 2.05) is 27.7 Å². The summed E-state index contributed by atoms with van der Waals surface area (Å²) >= 11 is 0. The average molecular weight is 391 g/mol. The summed E-state index contributed by atoms with van der Waals surface area (Å²) in [6.45, 7) is 12.8. The third-order valence-electron chi connectivity index (χ3n) is 5.56. The van der Waals surface area contributed by atoms with Gasteiger partial charge in [-0.15, -0.1) is 0 Å². The highest BCUT2D eigenvalue weighted by Gasteiger charge is 2.27. The number of rotatable bonds is 12. The standard InChI is InChI=1S/C24H38O4/c1-7-9-11-13-15-27-23(25)21-19(5)17(3)18(4)20(6)22(21)24(26)28-16-14-12-10-8-2/h7-16H2,1-6H3. The Bertz CT molecular complexity index is 604. The van der Waals surface area contributed by atoms with Gasteiger partial charge in [-0.1, -0.05) is 52.4 Å². The van der Waals surface area contributed by atoms with Gasteiger partial charge in [0.2, 0.25) is 0 Å². The van der Waals surface area contributed by atoms with Crippen LogP contribution in [0, 0.1) is 27.7 Å². The first kappa shape index (κ1) is 24.2. The molecule has 0 atom stereocenters. The molecule has 0 aliphatic rings. The number of hydrogen-bond donors (Lipinski definition) is 0. The molecule has 28 heavy (non-hydrogen) atoms. The highest BCUT2D eigenvalue weighted by molar-refractivity contribution is 6.05. The van der Waals surface area contributed by atoms with Crippen LogP contribution >= 0.6 is 0 Å². The Kier molecular flexibility index (Phi) is 10.9. The number of carbonyl (C=O) groups is 2. The molecular weight excluding hydrogens is 352 g/mol. The summed E-state index contributed by atoms with van der Waals surface area (Å²) in [5.74, 6) is -0.837. The van der Waals surface area contributed by atoms with E-state index in [-0.39, 0.29) is 0 Å². The summed E-state index contributed by atoms with van der Waals surface area (Å²) in [5.41, 5.74) is 4.40. The molecule has 0 heterocycles. The second kappa shape index (κ2) is 12.6. The third-order valence-corrected chi connectivity index (χ3v) is 5.56. The van der Waals surface area contributed by atoms with Crippen molar-refractivity contribution in [3.8, 4) is 0 Å². The van der Waals surface area contributed by atoms with Crippen LogP contribution in [0.3, 0.4) is 0 Å². The van der Waals surface area contributed by atoms with Crippen molar-refractivity contribution in [2.24, 2.45) is 0 Å². The molecule has 0 saturated carbocycles. The van der Waals surface area contributed by atoms with E-state index in [2.05, 4.69) is 13.8 Å². The van der Waals surface area contributed by atoms with Gasteiger partial charge in [0.25, 0.3) is 0 Å². The second-order valence-corrected chi connectivity index (χ2v) is 7.64. The summed E-state index contributed by atoms with van der Waals surface area (Å²) in [7, 11) is 0. The lowest BCUT2D eigenvalue weighted by atomic mass is 9.89. The zero-order chi connectivity index (χ0) is 21.1. The van der Waals surface area contributed by atoms with E-state index in [0.717, 1.165) is 73.6 Å². The maximum Gasteiger partial charge on any atom is 0.339 e. The molecule has 1 rings (SSSR count). The SMILES string of the molecule is CCCCCCOC(=O)c1c(C)c(C)c(C)c(C)c1C(=O)OCCCCCC. The summed E-state index contributed by atoms with van der Waals surface area (Å²) < 4.78 is 11.0. The van der Waals surface area contributed by atoms with Crippen LogP contribution in [0.15, 0.2) is 0 Å². The van der Waals surface area contributed by atoms with Gasteiger partial charge in [0.15, 0.2) is 0 Å². The number of carbonyl (C=O) groups excluding carboxylic acids is 2. The van der Waals surface area contributed by atoms with Crippen molar-refractivity contribution in [1.82, 2.24) is 0 Å². The molecule has 1 aromatic rings. The first-order valence-corrected chi connectivity index (χ1v) is 10.8. The molecule has 0 N–H and O–H groups in total. The maximum absolute atomic E-state index is 12.8. The molecule has 4 heteroatoms. The lowest BCUT2D eigenvalue weighted by Gasteiger charge is -2.19. The van der Waals surface area contributed by atoms with E-state index in [9.17, 15) is 9.59 Å². The van der Waals surface area contributed by atoms with Crippen LogP contribution in [0.1, 0.15) is 108 Å². The molecule has 0 bridgehead atoms. The van der Waals surface area contributed by atoms with Crippen molar-refractivity contribution in [3.05, 3.63) is 33.4 Å². The highest BCUT2D eigenvalue weighted by atomic mass is 16.5. The van der Waals surface area contributed by atoms with Crippen LogP contribution in [0.4, 0.5) is 0 Å². The molecule has 0 saturated heterocycles. The summed E-state index contributed by atoms with van der Waals surface area (Å²) in [4.78, 5) is 25.6. The number of unbranched alkanes of at least 4 members (excludes halogenated alkanes) is 6. The van der Waals surface area contributed by atoms with Gasteiger partial charge in [-0.3, -0.25) is 0 Å². The van der Waals surface area contributed by atoms with Crippen LogP contribution in [0.25, 0.3) is 0 Å². The predicted molar refractivity (Wildman–Crippen MR) is 114 cm³/mol. The molecule has 1 aromatic carbocycles. The van der Waals surface area contributed by atoms with Crippen molar-refractivity contribution in [2.45, 2.75) is 92.9 Å². The summed E-state index contributed by atoms with van der Waals surface area (Å²) in [6, 6.07) is 0. The Morgan fingerprint density at radius 1 is 0.571 bits per heavy atom. The van der Waals surface area contributed by atoms with Gasteiger partial charge in [-0.25, -0.2) is 9.59 Å². The summed E-state index contributed by atoms with van der Waals surface area (Å²) in [5, 5.41) is 0. The fraction of sp³-hybridized carbons (Fsp3) is 0.667. The van der Waals surface area contributed by atoms with Gasteiger partial charge in [0.1, 0.15) is 0 Å². The van der Waals surface area contributed by atoms with Gasteiger partial charge in [-0.05, 0) is 62.8 Å². The van der Waals surface area contributed by atoms with Crippen molar-refractivity contribution < 1.29 is 19.1 Å². The van der Waals surface area contributed by atoms with Gasteiger partial charge < -0.3 is 9.47 Å². The van der Waals surface area contributed by atoms with E-state index in [1.165, 1.54) is 0 Å². The number of hydrogen-bond acceptors (Lipinski definition) is 4. The quantitative estimate of drug-likeness (QED) is 0.306. The Hall–Kier alpha value is -1.84. The van der Waals surface area contributed by atoms with Crippen LogP contribution in [-0.4, -0.2) is 25.2 Å². The van der Waals surface area contributed by atoms with E-state index in [4.69, 9.17) is 9.47 Å². The smallest absolute Gasteiger partial charge is 0.339 e. The van der Waals surface area contributed by atoms with Crippen LogP contribution in [-0.2, 0) is 9.47 Å². The molecule has 0 aromatic heterocycles. The first-order chi connectivity index (χ1) is 13.4. The molecule has 0 spiro atoms. The lowest BCUT2D eigenvalue weighted by Crippen LogP contribution is -2.20. The average Bonchev–Trinajstić information content (AvgIpc) is 2.68. The van der Waals surface area contributed by atoms with Gasteiger partial charge in [0.05, 0.1) is 24.3 Å². The van der Waals surface area contributed by atoms with Gasteiger partial charge >= 0.3 is 11.9 Å². The molecule has 4 nitrogen and oxygen atoms in total. The Morgan fingerprint density at radius 3 is 1.25 bits per heavy atom. The van der Waals surface area contributed by atoms with Crippen LogP contribution < -0.4 is 0 Å². The first-order valence-electron chi connectivity index (χ1n) is 10.8. The van der Waals surface area contributed by atoms with E-state index >= 15 is 0 Å². The van der Waals surface area contributed by atoms with Crippen molar-refractivity contribution in [2.75, 3.05) is 13.2 Å². The minimum atomic E-state index is -0.418. The minimum absolute atomic E-state index is 0.370. The molecule has 0 aliphatic heterocycles. The third kappa shape index (κ3) is 6.65. The zero-order valence-electron chi connectivity index (χ0n) is 18.7. The largest absolute Gasteiger partial charge is 0.462 e. The van der Waals surface area contributed by atoms with Crippen LogP contribution in [0.5, 0.6) is 0 Å². The van der Waals surface area contributed by atoms with Gasteiger partial charge in [0, 0.05) is 0 Å². The highest BCUT2D eigenvalue weighted by Crippen LogP contribution is 2.28. The predicted octanol–water partition coefficient (Wildman–Crippen LogP) is 6.39. The number of ether oxygens (including phenoxy) is 2. The molecule has 0 amide bonds. The fourth-order valence-corrected chi connectivity index (χ4v) is 3.35.